The fourth-order valence-electron chi connectivity index (χ4n) is 5.39. The molecule has 1 saturated heterocycles. The zero-order valence-electron chi connectivity index (χ0n) is 22.0. The van der Waals surface area contributed by atoms with Gasteiger partial charge in [0.25, 0.3) is 0 Å². The molecule has 1 aliphatic carbocycles. The molecule has 2 aromatic heterocycles. The summed E-state index contributed by atoms with van der Waals surface area (Å²) in [7, 11) is 2.10. The Bertz CT molecular complexity index is 1510. The molecule has 200 valence electrons. The lowest BCUT2D eigenvalue weighted by Crippen LogP contribution is -2.28. The molecule has 2 fully saturated rings. The Hall–Kier alpha value is -4.37. The number of nitrogens with two attached hydrogens (primary N) is 2. The predicted molar refractivity (Wildman–Crippen MR) is 153 cm³/mol. The topological polar surface area (TPSA) is 116 Å². The van der Waals surface area contributed by atoms with Gasteiger partial charge in [0, 0.05) is 37.3 Å². The third-order valence-electron chi connectivity index (χ3n) is 7.64. The van der Waals surface area contributed by atoms with Crippen LogP contribution in [0.15, 0.2) is 73.1 Å². The number of hydrogen-bond donors (Lipinski definition) is 2. The van der Waals surface area contributed by atoms with Gasteiger partial charge in [0.2, 0.25) is 5.91 Å². The Balaban J connectivity index is 1.25. The normalized spacial score (nSPS) is 17.5. The van der Waals surface area contributed by atoms with Crippen LogP contribution in [-0.2, 0) is 4.79 Å². The van der Waals surface area contributed by atoms with E-state index < -0.39 is 0 Å². The number of ether oxygens (including phenoxy) is 1. The molecular weight excluding hydrogens is 490 g/mol. The second kappa shape index (κ2) is 10.4. The third kappa shape index (κ3) is 5.05. The van der Waals surface area contributed by atoms with E-state index in [2.05, 4.69) is 21.9 Å². The number of nitrogen functional groups attached to an aromatic ring is 2. The van der Waals surface area contributed by atoms with Crippen molar-refractivity contribution >= 4 is 28.6 Å². The molecule has 1 saturated carbocycles. The van der Waals surface area contributed by atoms with Crippen molar-refractivity contribution in [2.75, 3.05) is 38.1 Å². The van der Waals surface area contributed by atoms with Crippen LogP contribution < -0.4 is 16.2 Å². The lowest BCUT2D eigenvalue weighted by Gasteiger charge is -2.18. The van der Waals surface area contributed by atoms with E-state index in [0.717, 1.165) is 41.0 Å². The number of amides is 1. The molecule has 9 nitrogen and oxygen atoms in total. The van der Waals surface area contributed by atoms with E-state index in [1.807, 2.05) is 70.1 Å². The minimum Gasteiger partial charge on any atom is -0.457 e. The summed E-state index contributed by atoms with van der Waals surface area (Å²) in [6, 6.07) is 18.1. The number of likely N-dealkylation sites (N-methyl/N-ethyl adjacent to an activating group) is 1. The maximum atomic E-state index is 12.9. The number of rotatable bonds is 8. The fourth-order valence-corrected chi connectivity index (χ4v) is 5.39. The highest BCUT2D eigenvalue weighted by Crippen LogP contribution is 2.42. The number of anilines is 2. The first-order valence-corrected chi connectivity index (χ1v) is 13.4. The van der Waals surface area contributed by atoms with E-state index in [4.69, 9.17) is 16.2 Å². The largest absolute Gasteiger partial charge is 0.457 e. The summed E-state index contributed by atoms with van der Waals surface area (Å²) in [5.74, 6) is 2.45. The van der Waals surface area contributed by atoms with Crippen molar-refractivity contribution in [2.24, 2.45) is 0 Å². The Morgan fingerprint density at radius 2 is 1.79 bits per heavy atom. The van der Waals surface area contributed by atoms with E-state index in [0.29, 0.717) is 36.4 Å². The number of para-hydroxylation sites is 1. The van der Waals surface area contributed by atoms with Crippen LogP contribution in [0.3, 0.4) is 0 Å². The molecule has 3 heterocycles. The molecule has 1 unspecified atom stereocenters. The molecule has 6 rings (SSSR count). The van der Waals surface area contributed by atoms with Gasteiger partial charge >= 0.3 is 0 Å². The second-order valence-electron chi connectivity index (χ2n) is 10.3. The maximum Gasteiger partial charge on any atom is 0.246 e. The molecule has 2 aromatic carbocycles. The number of benzene rings is 2. The SMILES string of the molecule is CN(CC=CC(=O)N1CCC(n2c(N)c(-c3ccc(Oc4ccccc4)cc3)c3c(N)ncnc32)C1)C1CC1. The molecule has 1 atom stereocenters. The molecular formula is C30H33N7O2. The van der Waals surface area contributed by atoms with Gasteiger partial charge in [-0.05, 0) is 56.1 Å². The number of carbonyl (C=O) groups is 1. The average Bonchev–Trinajstić information content (AvgIpc) is 3.61. The van der Waals surface area contributed by atoms with Gasteiger partial charge in [-0.2, -0.15) is 0 Å². The molecule has 1 amide bonds. The summed E-state index contributed by atoms with van der Waals surface area (Å²) in [5.41, 5.74) is 15.5. The Labute approximate surface area is 227 Å². The average molecular weight is 524 g/mol. The van der Waals surface area contributed by atoms with E-state index >= 15 is 0 Å². The van der Waals surface area contributed by atoms with Gasteiger partial charge < -0.3 is 25.7 Å². The molecule has 2 aliphatic rings. The van der Waals surface area contributed by atoms with Gasteiger partial charge in [0.1, 0.15) is 35.1 Å². The molecule has 1 aliphatic heterocycles. The van der Waals surface area contributed by atoms with Crippen LogP contribution in [0.5, 0.6) is 11.5 Å². The van der Waals surface area contributed by atoms with Crippen LogP contribution in [-0.4, -0.2) is 63.0 Å². The zero-order chi connectivity index (χ0) is 26.9. The van der Waals surface area contributed by atoms with Crippen LogP contribution in [0.1, 0.15) is 25.3 Å². The van der Waals surface area contributed by atoms with E-state index in [-0.39, 0.29) is 11.9 Å². The molecule has 4 aromatic rings. The number of carbonyl (C=O) groups excluding carboxylic acids is 1. The fraction of sp³-hybridized carbons (Fsp3) is 0.300. The summed E-state index contributed by atoms with van der Waals surface area (Å²) >= 11 is 0. The summed E-state index contributed by atoms with van der Waals surface area (Å²) in [6.07, 6.45) is 8.40. The van der Waals surface area contributed by atoms with Gasteiger partial charge in [-0.15, -0.1) is 0 Å². The Morgan fingerprint density at radius 1 is 1.05 bits per heavy atom. The molecule has 4 N–H and O–H groups in total. The van der Waals surface area contributed by atoms with Crippen molar-refractivity contribution < 1.29 is 9.53 Å². The minimum absolute atomic E-state index is 0.0114. The standard InChI is InChI=1S/C30H33N7O2/c1-35(21-11-12-21)16-5-8-25(38)36-17-15-22(18-36)37-29(32)26(27-28(31)33-19-34-30(27)37)20-9-13-24(14-10-20)39-23-6-3-2-4-7-23/h2-10,13-14,19,21-22H,11-12,15-18,32H2,1H3,(H2,31,33,34). The molecule has 0 radical (unpaired) electrons. The first-order chi connectivity index (χ1) is 19.0. The first-order valence-electron chi connectivity index (χ1n) is 13.4. The van der Waals surface area contributed by atoms with Crippen LogP contribution in [0.25, 0.3) is 22.2 Å². The quantitative estimate of drug-likeness (QED) is 0.327. The van der Waals surface area contributed by atoms with Crippen molar-refractivity contribution in [1.29, 1.82) is 0 Å². The van der Waals surface area contributed by atoms with E-state index in [1.54, 1.807) is 6.08 Å². The van der Waals surface area contributed by atoms with Gasteiger partial charge in [-0.3, -0.25) is 9.69 Å². The van der Waals surface area contributed by atoms with E-state index in [1.165, 1.54) is 19.2 Å². The second-order valence-corrected chi connectivity index (χ2v) is 10.3. The number of hydrogen-bond acceptors (Lipinski definition) is 7. The van der Waals surface area contributed by atoms with Crippen molar-refractivity contribution in [2.45, 2.75) is 31.3 Å². The summed E-state index contributed by atoms with van der Waals surface area (Å²) in [6.45, 7) is 2.01. The smallest absolute Gasteiger partial charge is 0.246 e. The van der Waals surface area contributed by atoms with Crippen LogP contribution >= 0.6 is 0 Å². The lowest BCUT2D eigenvalue weighted by molar-refractivity contribution is -0.125. The van der Waals surface area contributed by atoms with Crippen molar-refractivity contribution in [1.82, 2.24) is 24.3 Å². The summed E-state index contributed by atoms with van der Waals surface area (Å²) in [4.78, 5) is 25.9. The zero-order valence-corrected chi connectivity index (χ0v) is 22.0. The number of fused-ring (bicyclic) bond motifs is 1. The Morgan fingerprint density at radius 3 is 2.54 bits per heavy atom. The Kier molecular flexibility index (Phi) is 6.66. The van der Waals surface area contributed by atoms with Crippen molar-refractivity contribution in [3.63, 3.8) is 0 Å². The van der Waals surface area contributed by atoms with E-state index in [9.17, 15) is 4.79 Å². The maximum absolute atomic E-state index is 12.9. The predicted octanol–water partition coefficient (Wildman–Crippen LogP) is 4.48. The van der Waals surface area contributed by atoms with Crippen LogP contribution in [0.2, 0.25) is 0 Å². The number of aromatic nitrogens is 3. The van der Waals surface area contributed by atoms with Crippen molar-refractivity contribution in [3.05, 3.63) is 73.1 Å². The third-order valence-corrected chi connectivity index (χ3v) is 7.64. The number of likely N-dealkylation sites (tertiary alicyclic amines) is 1. The van der Waals surface area contributed by atoms with Gasteiger partial charge in [-0.25, -0.2) is 9.97 Å². The highest BCUT2D eigenvalue weighted by atomic mass is 16.5. The van der Waals surface area contributed by atoms with Crippen LogP contribution in [0.4, 0.5) is 11.6 Å². The molecule has 39 heavy (non-hydrogen) atoms. The highest BCUT2D eigenvalue weighted by molar-refractivity contribution is 6.06. The molecule has 9 heteroatoms. The monoisotopic (exact) mass is 523 g/mol. The van der Waals surface area contributed by atoms with Crippen LogP contribution in [0, 0.1) is 0 Å². The van der Waals surface area contributed by atoms with Gasteiger partial charge in [0.05, 0.1) is 11.4 Å². The molecule has 0 bridgehead atoms. The highest BCUT2D eigenvalue weighted by Gasteiger charge is 2.31. The first kappa shape index (κ1) is 24.9. The van der Waals surface area contributed by atoms with Gasteiger partial charge in [-0.1, -0.05) is 36.4 Å². The molecule has 0 spiro atoms. The number of nitrogens with zero attached hydrogens (tertiary/aromatic N) is 5. The lowest BCUT2D eigenvalue weighted by atomic mass is 10.0. The summed E-state index contributed by atoms with van der Waals surface area (Å²) < 4.78 is 7.98. The summed E-state index contributed by atoms with van der Waals surface area (Å²) in [5, 5.41) is 0.722. The van der Waals surface area contributed by atoms with Crippen molar-refractivity contribution in [3.8, 4) is 22.6 Å². The minimum atomic E-state index is -0.0114. The van der Waals surface area contributed by atoms with Gasteiger partial charge in [0.15, 0.2) is 0 Å².